The summed E-state index contributed by atoms with van der Waals surface area (Å²) in [6, 6.07) is 9.78. The van der Waals surface area contributed by atoms with Crippen molar-refractivity contribution in [3.63, 3.8) is 0 Å². The van der Waals surface area contributed by atoms with Crippen molar-refractivity contribution in [3.8, 4) is 0 Å². The van der Waals surface area contributed by atoms with E-state index >= 15 is 0 Å². The van der Waals surface area contributed by atoms with Crippen LogP contribution in [-0.4, -0.2) is 44.8 Å². The van der Waals surface area contributed by atoms with Gasteiger partial charge in [-0.3, -0.25) is 14.3 Å². The van der Waals surface area contributed by atoms with Crippen molar-refractivity contribution in [2.24, 2.45) is 13.0 Å². The highest BCUT2D eigenvalue weighted by Gasteiger charge is 2.35. The number of aliphatic carboxylic acids is 1. The van der Waals surface area contributed by atoms with Crippen LogP contribution in [0.2, 0.25) is 0 Å². The molecule has 0 bridgehead atoms. The van der Waals surface area contributed by atoms with Gasteiger partial charge in [-0.1, -0.05) is 30.3 Å². The molecule has 2 atom stereocenters. The van der Waals surface area contributed by atoms with Gasteiger partial charge < -0.3 is 10.0 Å². The van der Waals surface area contributed by atoms with Gasteiger partial charge in [0.05, 0.1) is 17.7 Å². The molecule has 2 aromatic rings. The van der Waals surface area contributed by atoms with Gasteiger partial charge >= 0.3 is 5.97 Å². The largest absolute Gasteiger partial charge is 0.481 e. The highest BCUT2D eigenvalue weighted by Crippen LogP contribution is 2.31. The van der Waals surface area contributed by atoms with Gasteiger partial charge in [0.1, 0.15) is 0 Å². The normalized spacial score (nSPS) is 21.2. The molecule has 1 aliphatic heterocycles. The zero-order chi connectivity index (χ0) is 16.4. The lowest BCUT2D eigenvalue weighted by Crippen LogP contribution is -2.45. The zero-order valence-electron chi connectivity index (χ0n) is 12.9. The SMILES string of the molecule is Cn1cc(C(=O)N2C[C@H](C(=O)O)C[C@@H](c3ccccc3)C2)cn1. The first-order valence-corrected chi connectivity index (χ1v) is 7.60. The zero-order valence-corrected chi connectivity index (χ0v) is 12.9. The number of carbonyl (C=O) groups excluding carboxylic acids is 1. The second kappa shape index (κ2) is 6.24. The van der Waals surface area contributed by atoms with Crippen molar-refractivity contribution in [2.75, 3.05) is 13.1 Å². The number of carboxylic acid groups (broad SMARTS) is 1. The summed E-state index contributed by atoms with van der Waals surface area (Å²) in [5.41, 5.74) is 1.56. The minimum Gasteiger partial charge on any atom is -0.481 e. The number of likely N-dealkylation sites (tertiary alicyclic amines) is 1. The van der Waals surface area contributed by atoms with Crippen LogP contribution < -0.4 is 0 Å². The van der Waals surface area contributed by atoms with Gasteiger partial charge in [-0.05, 0) is 12.0 Å². The van der Waals surface area contributed by atoms with Crippen LogP contribution in [0.5, 0.6) is 0 Å². The first-order chi connectivity index (χ1) is 11.0. The number of carbonyl (C=O) groups is 2. The molecule has 1 fully saturated rings. The van der Waals surface area contributed by atoms with E-state index in [1.54, 1.807) is 22.8 Å². The number of carboxylic acids is 1. The third kappa shape index (κ3) is 3.26. The number of hydrogen-bond donors (Lipinski definition) is 1. The highest BCUT2D eigenvalue weighted by atomic mass is 16.4. The topological polar surface area (TPSA) is 75.4 Å². The monoisotopic (exact) mass is 313 g/mol. The maximum absolute atomic E-state index is 12.6. The fourth-order valence-electron chi connectivity index (χ4n) is 3.12. The molecule has 1 aromatic carbocycles. The van der Waals surface area contributed by atoms with Crippen LogP contribution in [0, 0.1) is 5.92 Å². The molecule has 6 heteroatoms. The fraction of sp³-hybridized carbons (Fsp3) is 0.353. The Balaban J connectivity index is 1.84. The Morgan fingerprint density at radius 1 is 1.22 bits per heavy atom. The van der Waals surface area contributed by atoms with Crippen LogP contribution in [-0.2, 0) is 11.8 Å². The number of hydrogen-bond acceptors (Lipinski definition) is 3. The van der Waals surface area contributed by atoms with Crippen molar-refractivity contribution in [1.29, 1.82) is 0 Å². The Morgan fingerprint density at radius 3 is 2.57 bits per heavy atom. The number of amides is 1. The second-order valence-electron chi connectivity index (χ2n) is 5.99. The standard InChI is InChI=1S/C17H19N3O3/c1-19-9-15(8-18-19)16(21)20-10-13(7-14(11-20)17(22)23)12-5-3-2-4-6-12/h2-6,8-9,13-14H,7,10-11H2,1H3,(H,22,23)/t13-,14-/m1/s1. The van der Waals surface area contributed by atoms with Crippen molar-refractivity contribution in [2.45, 2.75) is 12.3 Å². The quantitative estimate of drug-likeness (QED) is 0.936. The van der Waals surface area contributed by atoms with E-state index in [0.29, 0.717) is 18.5 Å². The molecule has 1 aromatic heterocycles. The van der Waals surface area contributed by atoms with Crippen molar-refractivity contribution in [3.05, 3.63) is 53.9 Å². The molecule has 0 saturated carbocycles. The van der Waals surface area contributed by atoms with Crippen molar-refractivity contribution >= 4 is 11.9 Å². The number of nitrogens with zero attached hydrogens (tertiary/aromatic N) is 3. The molecule has 1 amide bonds. The number of piperidine rings is 1. The Kier molecular flexibility index (Phi) is 4.14. The van der Waals surface area contributed by atoms with E-state index in [0.717, 1.165) is 5.56 Å². The van der Waals surface area contributed by atoms with E-state index in [9.17, 15) is 14.7 Å². The molecule has 2 heterocycles. The van der Waals surface area contributed by atoms with Crippen molar-refractivity contribution < 1.29 is 14.7 Å². The van der Waals surface area contributed by atoms with Crippen molar-refractivity contribution in [1.82, 2.24) is 14.7 Å². The summed E-state index contributed by atoms with van der Waals surface area (Å²) in [5, 5.41) is 13.4. The van der Waals surface area contributed by atoms with Crippen LogP contribution in [0.4, 0.5) is 0 Å². The molecule has 3 rings (SSSR count). The Bertz CT molecular complexity index is 711. The smallest absolute Gasteiger partial charge is 0.308 e. The lowest BCUT2D eigenvalue weighted by molar-refractivity contribution is -0.143. The van der Waals surface area contributed by atoms with Gasteiger partial charge in [0.25, 0.3) is 5.91 Å². The van der Waals surface area contributed by atoms with E-state index in [1.165, 1.54) is 6.20 Å². The highest BCUT2D eigenvalue weighted by molar-refractivity contribution is 5.94. The molecule has 1 saturated heterocycles. The molecule has 0 unspecified atom stereocenters. The summed E-state index contributed by atoms with van der Waals surface area (Å²) in [6.45, 7) is 0.772. The Morgan fingerprint density at radius 2 is 1.96 bits per heavy atom. The molecule has 23 heavy (non-hydrogen) atoms. The summed E-state index contributed by atoms with van der Waals surface area (Å²) in [7, 11) is 1.75. The van der Waals surface area contributed by atoms with Gasteiger partial charge in [-0.2, -0.15) is 5.10 Å². The lowest BCUT2D eigenvalue weighted by atomic mass is 9.84. The Labute approximate surface area is 134 Å². The van der Waals surface area contributed by atoms with Gasteiger partial charge in [-0.25, -0.2) is 0 Å². The maximum Gasteiger partial charge on any atom is 0.308 e. The van der Waals surface area contributed by atoms with Crippen LogP contribution in [0.25, 0.3) is 0 Å². The average molecular weight is 313 g/mol. The molecule has 0 spiro atoms. The summed E-state index contributed by atoms with van der Waals surface area (Å²) in [6.07, 6.45) is 3.73. The maximum atomic E-state index is 12.6. The molecular formula is C17H19N3O3. The predicted octanol–water partition coefficient (Wildman–Crippen LogP) is 1.75. The number of aryl methyl sites for hydroxylation is 1. The average Bonchev–Trinajstić information content (AvgIpc) is 3.01. The third-order valence-electron chi connectivity index (χ3n) is 4.31. The molecular weight excluding hydrogens is 294 g/mol. The number of rotatable bonds is 3. The molecule has 0 radical (unpaired) electrons. The molecule has 0 aliphatic carbocycles. The van der Waals surface area contributed by atoms with Crippen LogP contribution in [0.1, 0.15) is 28.3 Å². The third-order valence-corrected chi connectivity index (χ3v) is 4.31. The first-order valence-electron chi connectivity index (χ1n) is 7.60. The summed E-state index contributed by atoms with van der Waals surface area (Å²) >= 11 is 0. The van der Waals surface area contributed by atoms with Gasteiger partial charge in [-0.15, -0.1) is 0 Å². The number of aromatic nitrogens is 2. The Hall–Kier alpha value is -2.63. The van der Waals surface area contributed by atoms with Gasteiger partial charge in [0, 0.05) is 32.3 Å². The minimum absolute atomic E-state index is 0.0340. The van der Waals surface area contributed by atoms with Gasteiger partial charge in [0.2, 0.25) is 0 Å². The molecule has 120 valence electrons. The predicted molar refractivity (Wildman–Crippen MR) is 84.0 cm³/mol. The van der Waals surface area contributed by atoms with Gasteiger partial charge in [0.15, 0.2) is 0 Å². The van der Waals surface area contributed by atoms with Crippen LogP contribution >= 0.6 is 0 Å². The van der Waals surface area contributed by atoms with E-state index in [4.69, 9.17) is 0 Å². The van der Waals surface area contributed by atoms with E-state index in [-0.39, 0.29) is 18.4 Å². The summed E-state index contributed by atoms with van der Waals surface area (Å²) in [4.78, 5) is 25.8. The first kappa shape index (κ1) is 15.3. The van der Waals surface area contributed by atoms with E-state index in [2.05, 4.69) is 5.10 Å². The fourth-order valence-corrected chi connectivity index (χ4v) is 3.12. The van der Waals surface area contributed by atoms with Crippen LogP contribution in [0.15, 0.2) is 42.7 Å². The van der Waals surface area contributed by atoms with E-state index < -0.39 is 11.9 Å². The summed E-state index contributed by atoms with van der Waals surface area (Å²) in [5.74, 6) is -1.53. The summed E-state index contributed by atoms with van der Waals surface area (Å²) < 4.78 is 1.57. The second-order valence-corrected chi connectivity index (χ2v) is 5.99. The minimum atomic E-state index is -0.852. The van der Waals surface area contributed by atoms with Crippen LogP contribution in [0.3, 0.4) is 0 Å². The lowest BCUT2D eigenvalue weighted by Gasteiger charge is -2.36. The number of benzene rings is 1. The molecule has 6 nitrogen and oxygen atoms in total. The molecule has 1 aliphatic rings. The van der Waals surface area contributed by atoms with E-state index in [1.807, 2.05) is 30.3 Å². The molecule has 1 N–H and O–H groups in total.